The van der Waals surface area contributed by atoms with Crippen LogP contribution in [0.3, 0.4) is 0 Å². The first kappa shape index (κ1) is 12.5. The van der Waals surface area contributed by atoms with Crippen molar-refractivity contribution in [2.45, 2.75) is 39.3 Å². The number of nitrogens with zero attached hydrogens (tertiary/aromatic N) is 2. The Labute approximate surface area is 104 Å². The third-order valence-corrected chi connectivity index (χ3v) is 3.89. The number of rotatable bonds is 3. The zero-order chi connectivity index (χ0) is 12.3. The van der Waals surface area contributed by atoms with Gasteiger partial charge in [-0.05, 0) is 30.9 Å². The molecule has 3 heteroatoms. The maximum atomic E-state index is 6.13. The van der Waals surface area contributed by atoms with Gasteiger partial charge in [0, 0.05) is 31.9 Å². The van der Waals surface area contributed by atoms with Crippen molar-refractivity contribution in [3.63, 3.8) is 0 Å². The van der Waals surface area contributed by atoms with Crippen LogP contribution in [0, 0.1) is 12.8 Å². The van der Waals surface area contributed by atoms with Crippen molar-refractivity contribution in [3.05, 3.63) is 29.6 Å². The van der Waals surface area contributed by atoms with Crippen LogP contribution in [0.25, 0.3) is 0 Å². The first-order valence-electron chi connectivity index (χ1n) is 6.59. The van der Waals surface area contributed by atoms with E-state index in [1.165, 1.54) is 17.7 Å². The molecule has 0 aromatic carbocycles. The summed E-state index contributed by atoms with van der Waals surface area (Å²) in [6, 6.07) is 4.52. The van der Waals surface area contributed by atoms with E-state index in [1.54, 1.807) is 0 Å². The van der Waals surface area contributed by atoms with Crippen LogP contribution in [0.5, 0.6) is 0 Å². The summed E-state index contributed by atoms with van der Waals surface area (Å²) < 4.78 is 0. The highest BCUT2D eigenvalue weighted by atomic mass is 15.1. The van der Waals surface area contributed by atoms with E-state index in [1.807, 2.05) is 12.3 Å². The molecule has 17 heavy (non-hydrogen) atoms. The van der Waals surface area contributed by atoms with Crippen LogP contribution in [0.2, 0.25) is 0 Å². The second-order valence-electron chi connectivity index (χ2n) is 5.12. The zero-order valence-corrected chi connectivity index (χ0v) is 10.9. The first-order valence-corrected chi connectivity index (χ1v) is 6.59. The van der Waals surface area contributed by atoms with Crippen molar-refractivity contribution in [2.75, 3.05) is 13.1 Å². The predicted molar refractivity (Wildman–Crippen MR) is 70.6 cm³/mol. The molecule has 0 spiro atoms. The van der Waals surface area contributed by atoms with Crippen molar-refractivity contribution >= 4 is 0 Å². The Kier molecular flexibility index (Phi) is 4.13. The van der Waals surface area contributed by atoms with Gasteiger partial charge in [-0.1, -0.05) is 19.4 Å². The van der Waals surface area contributed by atoms with Gasteiger partial charge in [0.15, 0.2) is 0 Å². The molecule has 1 aromatic rings. The van der Waals surface area contributed by atoms with Crippen molar-refractivity contribution < 1.29 is 0 Å². The molecule has 0 saturated carbocycles. The number of aromatic nitrogens is 1. The molecule has 0 amide bonds. The fourth-order valence-corrected chi connectivity index (χ4v) is 2.60. The monoisotopic (exact) mass is 233 g/mol. The van der Waals surface area contributed by atoms with Crippen LogP contribution in [-0.4, -0.2) is 29.0 Å². The smallest absolute Gasteiger partial charge is 0.0573 e. The third kappa shape index (κ3) is 3.05. The molecule has 94 valence electrons. The first-order chi connectivity index (χ1) is 8.20. The lowest BCUT2D eigenvalue weighted by Crippen LogP contribution is -2.46. The fraction of sp³-hybridized carbons (Fsp3) is 0.643. The van der Waals surface area contributed by atoms with Gasteiger partial charge in [0.1, 0.15) is 0 Å². The van der Waals surface area contributed by atoms with Gasteiger partial charge in [-0.3, -0.25) is 9.88 Å². The van der Waals surface area contributed by atoms with Crippen molar-refractivity contribution in [3.8, 4) is 0 Å². The Morgan fingerprint density at radius 1 is 1.53 bits per heavy atom. The highest BCUT2D eigenvalue weighted by Crippen LogP contribution is 2.20. The summed E-state index contributed by atoms with van der Waals surface area (Å²) in [6.45, 7) is 7.56. The molecule has 2 N–H and O–H groups in total. The van der Waals surface area contributed by atoms with Gasteiger partial charge in [-0.15, -0.1) is 0 Å². The highest BCUT2D eigenvalue weighted by Gasteiger charge is 2.25. The van der Waals surface area contributed by atoms with E-state index in [-0.39, 0.29) is 0 Å². The number of piperidine rings is 1. The molecule has 1 aliphatic rings. The number of likely N-dealkylation sites (tertiary alicyclic amines) is 1. The second-order valence-corrected chi connectivity index (χ2v) is 5.12. The molecule has 0 radical (unpaired) electrons. The largest absolute Gasteiger partial charge is 0.327 e. The van der Waals surface area contributed by atoms with Gasteiger partial charge in [-0.25, -0.2) is 0 Å². The number of pyridine rings is 1. The number of hydrogen-bond donors (Lipinski definition) is 1. The van der Waals surface area contributed by atoms with Crippen LogP contribution < -0.4 is 5.73 Å². The van der Waals surface area contributed by atoms with Gasteiger partial charge in [0.25, 0.3) is 0 Å². The Bertz CT molecular complexity index is 364. The topological polar surface area (TPSA) is 42.2 Å². The van der Waals surface area contributed by atoms with Crippen molar-refractivity contribution in [2.24, 2.45) is 11.7 Å². The van der Waals surface area contributed by atoms with Crippen LogP contribution in [0.1, 0.15) is 31.0 Å². The van der Waals surface area contributed by atoms with E-state index in [9.17, 15) is 0 Å². The summed E-state index contributed by atoms with van der Waals surface area (Å²) in [5.41, 5.74) is 8.63. The van der Waals surface area contributed by atoms with Gasteiger partial charge in [-0.2, -0.15) is 0 Å². The average Bonchev–Trinajstić information content (AvgIpc) is 2.34. The minimum Gasteiger partial charge on any atom is -0.327 e. The van der Waals surface area contributed by atoms with Crippen LogP contribution in [-0.2, 0) is 6.54 Å². The molecular formula is C14H23N3. The molecule has 0 bridgehead atoms. The number of aryl methyl sites for hydroxylation is 1. The van der Waals surface area contributed by atoms with Gasteiger partial charge in [0.05, 0.1) is 5.69 Å². The lowest BCUT2D eigenvalue weighted by Gasteiger charge is -2.36. The molecule has 2 atom stereocenters. The molecular weight excluding hydrogens is 210 g/mol. The molecule has 1 saturated heterocycles. The highest BCUT2D eigenvalue weighted by molar-refractivity contribution is 5.17. The standard InChI is InChI=1S/C14H23N3/c1-3-12-9-17(8-6-13(12)15)10-14-11(2)5-4-7-16-14/h4-5,7,12-13H,3,6,8-10,15H2,1-2H3. The maximum Gasteiger partial charge on any atom is 0.0573 e. The molecule has 1 aliphatic heterocycles. The zero-order valence-electron chi connectivity index (χ0n) is 10.9. The third-order valence-electron chi connectivity index (χ3n) is 3.89. The van der Waals surface area contributed by atoms with Crippen LogP contribution in [0.15, 0.2) is 18.3 Å². The lowest BCUT2D eigenvalue weighted by atomic mass is 9.90. The quantitative estimate of drug-likeness (QED) is 0.867. The Hall–Kier alpha value is -0.930. The maximum absolute atomic E-state index is 6.13. The van der Waals surface area contributed by atoms with Crippen molar-refractivity contribution in [1.29, 1.82) is 0 Å². The summed E-state index contributed by atoms with van der Waals surface area (Å²) in [5.74, 6) is 0.646. The average molecular weight is 233 g/mol. The minimum absolute atomic E-state index is 0.390. The van der Waals surface area contributed by atoms with E-state index in [0.717, 1.165) is 26.1 Å². The predicted octanol–water partition coefficient (Wildman–Crippen LogP) is 1.95. The molecule has 1 fully saturated rings. The normalized spacial score (nSPS) is 26.1. The van der Waals surface area contributed by atoms with Crippen LogP contribution >= 0.6 is 0 Å². The fourth-order valence-electron chi connectivity index (χ4n) is 2.60. The van der Waals surface area contributed by atoms with E-state index in [4.69, 9.17) is 5.73 Å². The Morgan fingerprint density at radius 2 is 2.35 bits per heavy atom. The molecule has 0 aliphatic carbocycles. The van der Waals surface area contributed by atoms with Gasteiger partial charge >= 0.3 is 0 Å². The number of nitrogens with two attached hydrogens (primary N) is 1. The summed E-state index contributed by atoms with van der Waals surface area (Å²) in [6.07, 6.45) is 4.18. The van der Waals surface area contributed by atoms with E-state index in [2.05, 4.69) is 29.8 Å². The molecule has 2 unspecified atom stereocenters. The van der Waals surface area contributed by atoms with E-state index < -0.39 is 0 Å². The Morgan fingerprint density at radius 3 is 3.06 bits per heavy atom. The molecule has 2 heterocycles. The number of hydrogen-bond acceptors (Lipinski definition) is 3. The van der Waals surface area contributed by atoms with Crippen molar-refractivity contribution in [1.82, 2.24) is 9.88 Å². The summed E-state index contributed by atoms with van der Waals surface area (Å²) >= 11 is 0. The summed E-state index contributed by atoms with van der Waals surface area (Å²) in [7, 11) is 0. The minimum atomic E-state index is 0.390. The van der Waals surface area contributed by atoms with Gasteiger partial charge < -0.3 is 5.73 Å². The molecule has 2 rings (SSSR count). The SMILES string of the molecule is CCC1CN(Cc2ncccc2C)CCC1N. The van der Waals surface area contributed by atoms with Gasteiger partial charge in [0.2, 0.25) is 0 Å². The molecule has 3 nitrogen and oxygen atoms in total. The Balaban J connectivity index is 1.98. The van der Waals surface area contributed by atoms with E-state index in [0.29, 0.717) is 12.0 Å². The van der Waals surface area contributed by atoms with Crippen LogP contribution in [0.4, 0.5) is 0 Å². The lowest BCUT2D eigenvalue weighted by molar-refractivity contribution is 0.144. The second kappa shape index (κ2) is 5.61. The summed E-state index contributed by atoms with van der Waals surface area (Å²) in [5, 5.41) is 0. The summed E-state index contributed by atoms with van der Waals surface area (Å²) in [4.78, 5) is 6.96. The molecule has 1 aromatic heterocycles. The van der Waals surface area contributed by atoms with E-state index >= 15 is 0 Å².